The van der Waals surface area contributed by atoms with Crippen molar-refractivity contribution >= 4 is 0 Å². The summed E-state index contributed by atoms with van der Waals surface area (Å²) in [4.78, 5) is 0. The molecular formula is C25H46O. The van der Waals surface area contributed by atoms with Gasteiger partial charge in [0, 0.05) is 0 Å². The molecular weight excluding hydrogens is 316 g/mol. The van der Waals surface area contributed by atoms with E-state index in [1.165, 1.54) is 109 Å². The van der Waals surface area contributed by atoms with E-state index >= 15 is 0 Å². The number of allylic oxidation sites excluding steroid dienone is 5. The fraction of sp³-hybridized carbons (Fsp3) is 0.760. The van der Waals surface area contributed by atoms with Crippen molar-refractivity contribution in [2.45, 2.75) is 116 Å². The monoisotopic (exact) mass is 362 g/mol. The van der Waals surface area contributed by atoms with Crippen molar-refractivity contribution in [1.29, 1.82) is 0 Å². The highest BCUT2D eigenvalue weighted by Crippen LogP contribution is 2.14. The number of hydrogen-bond donors (Lipinski definition) is 0. The minimum Gasteiger partial charge on any atom is -0.504 e. The lowest BCUT2D eigenvalue weighted by Gasteiger charge is -2.03. The van der Waals surface area contributed by atoms with E-state index in [1.807, 2.05) is 12.2 Å². The molecule has 0 N–H and O–H groups in total. The van der Waals surface area contributed by atoms with Crippen LogP contribution in [0.2, 0.25) is 0 Å². The van der Waals surface area contributed by atoms with E-state index in [4.69, 9.17) is 4.74 Å². The average molecular weight is 363 g/mol. The van der Waals surface area contributed by atoms with Crippen molar-refractivity contribution < 1.29 is 4.74 Å². The first-order valence-corrected chi connectivity index (χ1v) is 11.4. The molecule has 0 aromatic carbocycles. The molecule has 0 fully saturated rings. The van der Waals surface area contributed by atoms with Crippen LogP contribution in [0.5, 0.6) is 0 Å². The molecule has 0 bridgehead atoms. The lowest BCUT2D eigenvalue weighted by molar-refractivity contribution is 0.338. The standard InChI is InChI=1S/C25H46O/c1-3-4-5-6-7-8-9-10-11-12-13-14-15-16-17-18-19-20-21-22-23-24-25-26-2/h20-25H,3-19H2,1-2H3/b21-20+,23-22+,25-24+. The Balaban J connectivity index is 3.10. The molecule has 1 nitrogen and oxygen atoms in total. The zero-order valence-electron chi connectivity index (χ0n) is 17.9. The Morgan fingerprint density at radius 1 is 0.500 bits per heavy atom. The van der Waals surface area contributed by atoms with Crippen LogP contribution in [0.1, 0.15) is 116 Å². The summed E-state index contributed by atoms with van der Waals surface area (Å²) in [7, 11) is 1.66. The Kier molecular flexibility index (Phi) is 23.1. The van der Waals surface area contributed by atoms with E-state index in [0.29, 0.717) is 0 Å². The van der Waals surface area contributed by atoms with Gasteiger partial charge in [0.05, 0.1) is 13.4 Å². The van der Waals surface area contributed by atoms with Gasteiger partial charge in [-0.15, -0.1) is 0 Å². The third-order valence-electron chi connectivity index (χ3n) is 4.91. The Morgan fingerprint density at radius 3 is 1.38 bits per heavy atom. The molecule has 0 aliphatic rings. The summed E-state index contributed by atoms with van der Waals surface area (Å²) in [5, 5.41) is 0. The fourth-order valence-corrected chi connectivity index (χ4v) is 3.24. The minimum atomic E-state index is 1.21. The normalized spacial score (nSPS) is 12.1. The molecule has 0 aromatic heterocycles. The number of rotatable bonds is 20. The summed E-state index contributed by atoms with van der Waals surface area (Å²) in [6.45, 7) is 2.29. The van der Waals surface area contributed by atoms with Crippen LogP contribution in [0.15, 0.2) is 36.6 Å². The Hall–Kier alpha value is -0.980. The van der Waals surface area contributed by atoms with E-state index in [1.54, 1.807) is 13.4 Å². The van der Waals surface area contributed by atoms with E-state index in [0.717, 1.165) is 0 Å². The van der Waals surface area contributed by atoms with Gasteiger partial charge in [0.2, 0.25) is 0 Å². The van der Waals surface area contributed by atoms with Gasteiger partial charge in [-0.25, -0.2) is 0 Å². The van der Waals surface area contributed by atoms with Crippen molar-refractivity contribution in [2.75, 3.05) is 7.11 Å². The summed E-state index contributed by atoms with van der Waals surface area (Å²) < 4.78 is 4.83. The predicted octanol–water partition coefficient (Wildman–Crippen LogP) is 8.91. The molecule has 26 heavy (non-hydrogen) atoms. The highest BCUT2D eigenvalue weighted by molar-refractivity contribution is 5.09. The second kappa shape index (κ2) is 24.0. The van der Waals surface area contributed by atoms with Gasteiger partial charge >= 0.3 is 0 Å². The zero-order chi connectivity index (χ0) is 19.0. The van der Waals surface area contributed by atoms with Gasteiger partial charge in [-0.3, -0.25) is 0 Å². The summed E-state index contributed by atoms with van der Waals surface area (Å²) in [5.41, 5.74) is 0. The van der Waals surface area contributed by atoms with Crippen LogP contribution >= 0.6 is 0 Å². The second-order valence-corrected chi connectivity index (χ2v) is 7.47. The van der Waals surface area contributed by atoms with E-state index in [9.17, 15) is 0 Å². The van der Waals surface area contributed by atoms with E-state index < -0.39 is 0 Å². The Bertz CT molecular complexity index is 327. The Morgan fingerprint density at radius 2 is 0.923 bits per heavy atom. The zero-order valence-corrected chi connectivity index (χ0v) is 17.9. The first-order chi connectivity index (χ1) is 12.9. The summed E-state index contributed by atoms with van der Waals surface area (Å²) in [6.07, 6.45) is 36.2. The molecule has 0 amide bonds. The first kappa shape index (κ1) is 25.0. The number of unbranched alkanes of at least 4 members (excludes halogenated alkanes) is 16. The molecule has 0 rings (SSSR count). The molecule has 0 aromatic rings. The molecule has 0 radical (unpaired) electrons. The van der Waals surface area contributed by atoms with Gasteiger partial charge in [-0.2, -0.15) is 0 Å². The molecule has 1 heteroatoms. The van der Waals surface area contributed by atoms with E-state index in [2.05, 4.69) is 25.2 Å². The van der Waals surface area contributed by atoms with Gasteiger partial charge < -0.3 is 4.74 Å². The molecule has 0 unspecified atom stereocenters. The van der Waals surface area contributed by atoms with Gasteiger partial charge in [-0.05, 0) is 18.9 Å². The number of ether oxygens (including phenoxy) is 1. The molecule has 0 aliphatic heterocycles. The van der Waals surface area contributed by atoms with Crippen molar-refractivity contribution in [3.8, 4) is 0 Å². The largest absolute Gasteiger partial charge is 0.504 e. The van der Waals surface area contributed by atoms with E-state index in [-0.39, 0.29) is 0 Å². The van der Waals surface area contributed by atoms with Crippen molar-refractivity contribution in [3.63, 3.8) is 0 Å². The summed E-state index contributed by atoms with van der Waals surface area (Å²) in [5.74, 6) is 0. The fourth-order valence-electron chi connectivity index (χ4n) is 3.24. The first-order valence-electron chi connectivity index (χ1n) is 11.4. The van der Waals surface area contributed by atoms with Crippen LogP contribution in [0.4, 0.5) is 0 Å². The van der Waals surface area contributed by atoms with Crippen LogP contribution < -0.4 is 0 Å². The van der Waals surface area contributed by atoms with Gasteiger partial charge in [-0.1, -0.05) is 128 Å². The number of hydrogen-bond acceptors (Lipinski definition) is 1. The summed E-state index contributed by atoms with van der Waals surface area (Å²) >= 11 is 0. The second-order valence-electron chi connectivity index (χ2n) is 7.47. The molecule has 0 spiro atoms. The maximum absolute atomic E-state index is 4.83. The van der Waals surface area contributed by atoms with Crippen LogP contribution in [0.25, 0.3) is 0 Å². The molecule has 0 atom stereocenters. The van der Waals surface area contributed by atoms with Crippen molar-refractivity contribution in [3.05, 3.63) is 36.6 Å². The smallest absolute Gasteiger partial charge is 0.0824 e. The highest BCUT2D eigenvalue weighted by Gasteiger charge is 1.94. The maximum atomic E-state index is 4.83. The molecule has 152 valence electrons. The predicted molar refractivity (Wildman–Crippen MR) is 119 cm³/mol. The average Bonchev–Trinajstić information content (AvgIpc) is 2.66. The molecule has 0 saturated heterocycles. The molecule has 0 heterocycles. The van der Waals surface area contributed by atoms with Crippen molar-refractivity contribution in [2.24, 2.45) is 0 Å². The quantitative estimate of drug-likeness (QED) is 0.119. The van der Waals surface area contributed by atoms with Crippen LogP contribution in [-0.2, 0) is 4.74 Å². The maximum Gasteiger partial charge on any atom is 0.0824 e. The molecule has 0 aliphatic carbocycles. The number of methoxy groups -OCH3 is 1. The van der Waals surface area contributed by atoms with Crippen LogP contribution in [0, 0.1) is 0 Å². The topological polar surface area (TPSA) is 9.23 Å². The van der Waals surface area contributed by atoms with Gasteiger partial charge in [0.15, 0.2) is 0 Å². The van der Waals surface area contributed by atoms with Gasteiger partial charge in [0.1, 0.15) is 0 Å². The van der Waals surface area contributed by atoms with Gasteiger partial charge in [0.25, 0.3) is 0 Å². The lowest BCUT2D eigenvalue weighted by Crippen LogP contribution is -1.83. The third-order valence-corrected chi connectivity index (χ3v) is 4.91. The summed E-state index contributed by atoms with van der Waals surface area (Å²) in [6, 6.07) is 0. The Labute approximate surface area is 165 Å². The van der Waals surface area contributed by atoms with Crippen LogP contribution in [-0.4, -0.2) is 7.11 Å². The lowest BCUT2D eigenvalue weighted by atomic mass is 10.0. The van der Waals surface area contributed by atoms with Crippen LogP contribution in [0.3, 0.4) is 0 Å². The molecule has 0 saturated carbocycles. The SMILES string of the molecule is CCCCCCCCCCCCCCCCCC/C=C/C=C/C=C/OC. The minimum absolute atomic E-state index is 1.21. The van der Waals surface area contributed by atoms with Crippen molar-refractivity contribution in [1.82, 2.24) is 0 Å². The highest BCUT2D eigenvalue weighted by atomic mass is 16.5. The third kappa shape index (κ3) is 23.0.